The first-order valence-corrected chi connectivity index (χ1v) is 10.0. The summed E-state index contributed by atoms with van der Waals surface area (Å²) in [4.78, 5) is 2.83. The number of nitrogens with zero attached hydrogens (tertiary/aromatic N) is 2. The summed E-state index contributed by atoms with van der Waals surface area (Å²) in [6, 6.07) is 13.6. The van der Waals surface area contributed by atoms with E-state index in [-0.39, 0.29) is 12.4 Å². The number of hydrogen-bond donors (Lipinski definition) is 1. The number of sulfonamides is 1. The first-order valence-electron chi connectivity index (χ1n) is 8.58. The molecule has 0 radical (unpaired) electrons. The van der Waals surface area contributed by atoms with Crippen LogP contribution in [-0.4, -0.2) is 62.9 Å². The molecule has 2 heterocycles. The standard InChI is InChI=1S/C18H23N3O2S.ClH/c22-24(23,18-6-5-15-3-1-2-4-16(15)13-18)21-10-7-17(14-21)20-11-8-19-9-12-20;/h1-6,13,17,19H,7-12,14H2;1H. The second-order valence-corrected chi connectivity index (χ2v) is 8.54. The van der Waals surface area contributed by atoms with Gasteiger partial charge in [0.1, 0.15) is 0 Å². The fourth-order valence-electron chi connectivity index (χ4n) is 3.75. The Morgan fingerprint density at radius 3 is 2.44 bits per heavy atom. The lowest BCUT2D eigenvalue weighted by Crippen LogP contribution is -2.49. The van der Waals surface area contributed by atoms with E-state index < -0.39 is 10.0 Å². The molecule has 0 amide bonds. The maximum Gasteiger partial charge on any atom is 0.243 e. The molecular formula is C18H24ClN3O2S. The van der Waals surface area contributed by atoms with Crippen molar-refractivity contribution in [1.82, 2.24) is 14.5 Å². The van der Waals surface area contributed by atoms with Gasteiger partial charge in [-0.2, -0.15) is 4.31 Å². The molecule has 2 aromatic rings. The van der Waals surface area contributed by atoms with Gasteiger partial charge in [0, 0.05) is 45.3 Å². The number of halogens is 1. The fourth-order valence-corrected chi connectivity index (χ4v) is 5.28. The van der Waals surface area contributed by atoms with Gasteiger partial charge in [-0.1, -0.05) is 30.3 Å². The van der Waals surface area contributed by atoms with Crippen LogP contribution in [0.25, 0.3) is 10.8 Å². The Hall–Kier alpha value is -1.18. The minimum absolute atomic E-state index is 0. The smallest absolute Gasteiger partial charge is 0.243 e. The van der Waals surface area contributed by atoms with E-state index in [1.54, 1.807) is 16.4 Å². The van der Waals surface area contributed by atoms with Crippen molar-refractivity contribution in [3.63, 3.8) is 0 Å². The second-order valence-electron chi connectivity index (χ2n) is 6.60. The highest BCUT2D eigenvalue weighted by Gasteiger charge is 2.35. The van der Waals surface area contributed by atoms with Crippen LogP contribution in [0.15, 0.2) is 47.4 Å². The van der Waals surface area contributed by atoms with Crippen molar-refractivity contribution in [2.45, 2.75) is 17.4 Å². The van der Waals surface area contributed by atoms with Crippen LogP contribution in [-0.2, 0) is 10.0 Å². The average Bonchev–Trinajstić information content (AvgIpc) is 3.13. The lowest BCUT2D eigenvalue weighted by molar-refractivity contribution is 0.179. The molecule has 2 aliphatic rings. The van der Waals surface area contributed by atoms with Gasteiger partial charge in [0.2, 0.25) is 10.0 Å². The number of piperazine rings is 1. The van der Waals surface area contributed by atoms with Crippen LogP contribution in [0.2, 0.25) is 0 Å². The highest BCUT2D eigenvalue weighted by atomic mass is 35.5. The van der Waals surface area contributed by atoms with Crippen LogP contribution < -0.4 is 5.32 Å². The van der Waals surface area contributed by atoms with Crippen LogP contribution >= 0.6 is 12.4 Å². The lowest BCUT2D eigenvalue weighted by atomic mass is 10.1. The zero-order valence-electron chi connectivity index (χ0n) is 14.1. The van der Waals surface area contributed by atoms with E-state index in [4.69, 9.17) is 0 Å². The minimum atomic E-state index is -3.41. The maximum atomic E-state index is 13.0. The van der Waals surface area contributed by atoms with Crippen molar-refractivity contribution in [1.29, 1.82) is 0 Å². The topological polar surface area (TPSA) is 52.7 Å². The summed E-state index contributed by atoms with van der Waals surface area (Å²) in [5.74, 6) is 0. The molecule has 1 unspecified atom stereocenters. The van der Waals surface area contributed by atoms with E-state index >= 15 is 0 Å². The summed E-state index contributed by atoms with van der Waals surface area (Å²) < 4.78 is 27.7. The summed E-state index contributed by atoms with van der Waals surface area (Å²) in [7, 11) is -3.41. The Morgan fingerprint density at radius 2 is 1.68 bits per heavy atom. The Morgan fingerprint density at radius 1 is 0.960 bits per heavy atom. The van der Waals surface area contributed by atoms with E-state index in [1.807, 2.05) is 30.3 Å². The molecule has 2 saturated heterocycles. The zero-order chi connectivity index (χ0) is 16.6. The van der Waals surface area contributed by atoms with Crippen LogP contribution in [0.3, 0.4) is 0 Å². The summed E-state index contributed by atoms with van der Waals surface area (Å²) in [5, 5.41) is 5.38. The molecule has 25 heavy (non-hydrogen) atoms. The molecule has 1 atom stereocenters. The van der Waals surface area contributed by atoms with Gasteiger partial charge < -0.3 is 5.32 Å². The first-order chi connectivity index (χ1) is 11.6. The molecule has 0 saturated carbocycles. The summed E-state index contributed by atoms with van der Waals surface area (Å²) >= 11 is 0. The third-order valence-corrected chi connectivity index (χ3v) is 7.01. The number of benzene rings is 2. The van der Waals surface area contributed by atoms with E-state index in [2.05, 4.69) is 10.2 Å². The van der Waals surface area contributed by atoms with Crippen LogP contribution in [0.1, 0.15) is 6.42 Å². The predicted molar refractivity (Wildman–Crippen MR) is 103 cm³/mol. The van der Waals surface area contributed by atoms with Gasteiger partial charge in [0.05, 0.1) is 4.90 Å². The maximum absolute atomic E-state index is 13.0. The van der Waals surface area contributed by atoms with Crippen LogP contribution in [0.5, 0.6) is 0 Å². The largest absolute Gasteiger partial charge is 0.314 e. The average molecular weight is 382 g/mol. The van der Waals surface area contributed by atoms with Crippen molar-refractivity contribution in [3.05, 3.63) is 42.5 Å². The minimum Gasteiger partial charge on any atom is -0.314 e. The van der Waals surface area contributed by atoms with E-state index in [1.165, 1.54) is 0 Å². The quantitative estimate of drug-likeness (QED) is 0.882. The Balaban J connectivity index is 0.00000182. The summed E-state index contributed by atoms with van der Waals surface area (Å²) in [6.07, 6.45) is 0.923. The molecule has 1 N–H and O–H groups in total. The fraction of sp³-hybridized carbons (Fsp3) is 0.444. The Bertz CT molecular complexity index is 837. The van der Waals surface area contributed by atoms with Gasteiger partial charge in [0.25, 0.3) is 0 Å². The molecular weight excluding hydrogens is 358 g/mol. The van der Waals surface area contributed by atoms with Gasteiger partial charge in [-0.3, -0.25) is 4.90 Å². The van der Waals surface area contributed by atoms with Crippen molar-refractivity contribution < 1.29 is 8.42 Å². The van der Waals surface area contributed by atoms with Crippen molar-refractivity contribution in [3.8, 4) is 0 Å². The third kappa shape index (κ3) is 3.68. The highest BCUT2D eigenvalue weighted by molar-refractivity contribution is 7.89. The highest BCUT2D eigenvalue weighted by Crippen LogP contribution is 2.26. The van der Waals surface area contributed by atoms with Gasteiger partial charge >= 0.3 is 0 Å². The molecule has 0 aliphatic carbocycles. The molecule has 0 bridgehead atoms. The van der Waals surface area contributed by atoms with E-state index in [0.717, 1.165) is 43.4 Å². The number of fused-ring (bicyclic) bond motifs is 1. The van der Waals surface area contributed by atoms with E-state index in [0.29, 0.717) is 24.0 Å². The molecule has 4 rings (SSSR count). The van der Waals surface area contributed by atoms with Gasteiger partial charge in [-0.05, 0) is 29.3 Å². The zero-order valence-corrected chi connectivity index (χ0v) is 15.7. The molecule has 0 aromatic heterocycles. The molecule has 5 nitrogen and oxygen atoms in total. The Kier molecular flexibility index (Phi) is 5.65. The summed E-state index contributed by atoms with van der Waals surface area (Å²) in [5.41, 5.74) is 0. The SMILES string of the molecule is Cl.O=S(=O)(c1ccc2ccccc2c1)N1CCC(N2CCNCC2)C1. The Labute approximate surface area is 155 Å². The second kappa shape index (κ2) is 7.60. The monoisotopic (exact) mass is 381 g/mol. The van der Waals surface area contributed by atoms with Crippen molar-refractivity contribution in [2.24, 2.45) is 0 Å². The third-order valence-electron chi connectivity index (χ3n) is 5.15. The molecule has 2 aromatic carbocycles. The number of hydrogen-bond acceptors (Lipinski definition) is 4. The molecule has 2 aliphatic heterocycles. The van der Waals surface area contributed by atoms with Gasteiger partial charge in [0.15, 0.2) is 0 Å². The van der Waals surface area contributed by atoms with Crippen LogP contribution in [0.4, 0.5) is 0 Å². The lowest BCUT2D eigenvalue weighted by Gasteiger charge is -2.32. The molecule has 2 fully saturated rings. The van der Waals surface area contributed by atoms with Crippen LogP contribution in [0, 0.1) is 0 Å². The molecule has 0 spiro atoms. The van der Waals surface area contributed by atoms with Crippen molar-refractivity contribution in [2.75, 3.05) is 39.3 Å². The molecule has 7 heteroatoms. The summed E-state index contributed by atoms with van der Waals surface area (Å²) in [6.45, 7) is 5.23. The van der Waals surface area contributed by atoms with Crippen molar-refractivity contribution >= 4 is 33.2 Å². The van der Waals surface area contributed by atoms with Gasteiger partial charge in [-0.25, -0.2) is 8.42 Å². The number of rotatable bonds is 3. The van der Waals surface area contributed by atoms with E-state index in [9.17, 15) is 8.42 Å². The normalized spacial score (nSPS) is 22.8. The van der Waals surface area contributed by atoms with Gasteiger partial charge in [-0.15, -0.1) is 12.4 Å². The first kappa shape index (κ1) is 18.6. The molecule has 136 valence electrons. The predicted octanol–water partition coefficient (Wildman–Crippen LogP) is 1.93. The number of nitrogens with one attached hydrogen (secondary N) is 1.